The first-order valence-corrected chi connectivity index (χ1v) is 9.10. The lowest BCUT2D eigenvalue weighted by Gasteiger charge is -2.12. The molecule has 0 aliphatic rings. The summed E-state index contributed by atoms with van der Waals surface area (Å²) in [6, 6.07) is 28.6. The highest BCUT2D eigenvalue weighted by Gasteiger charge is 2.08. The van der Waals surface area contributed by atoms with Gasteiger partial charge in [0, 0.05) is 4.90 Å². The maximum Gasteiger partial charge on any atom is 0.00757 e. The van der Waals surface area contributed by atoms with Crippen molar-refractivity contribution in [2.24, 2.45) is 0 Å². The maximum absolute atomic E-state index is 2.35. The van der Waals surface area contributed by atoms with Crippen LogP contribution in [0, 0.1) is 0 Å². The Morgan fingerprint density at radius 2 is 1.48 bits per heavy atom. The van der Waals surface area contributed by atoms with E-state index in [2.05, 4.69) is 85.1 Å². The van der Waals surface area contributed by atoms with Gasteiger partial charge in [0.05, 0.1) is 0 Å². The van der Waals surface area contributed by atoms with Crippen molar-refractivity contribution in [1.82, 2.24) is 0 Å². The largest absolute Gasteiger partial charge is 0.130 e. The molecule has 1 heteroatoms. The first-order valence-electron chi connectivity index (χ1n) is 7.87. The molecular formula is C22H18S. The third kappa shape index (κ3) is 2.73. The van der Waals surface area contributed by atoms with Crippen molar-refractivity contribution in [2.75, 3.05) is 6.26 Å². The van der Waals surface area contributed by atoms with Gasteiger partial charge < -0.3 is 0 Å². The van der Waals surface area contributed by atoms with E-state index in [1.807, 2.05) is 0 Å². The zero-order valence-corrected chi connectivity index (χ0v) is 13.9. The van der Waals surface area contributed by atoms with Crippen molar-refractivity contribution in [3.05, 3.63) is 90.0 Å². The summed E-state index contributed by atoms with van der Waals surface area (Å²) in [7, 11) is 0. The van der Waals surface area contributed by atoms with Crippen molar-refractivity contribution in [1.29, 1.82) is 0 Å². The Morgan fingerprint density at radius 1 is 0.696 bits per heavy atom. The average molecular weight is 314 g/mol. The van der Waals surface area contributed by atoms with Gasteiger partial charge in [-0.05, 0) is 57.5 Å². The van der Waals surface area contributed by atoms with Gasteiger partial charge in [0.25, 0.3) is 0 Å². The van der Waals surface area contributed by atoms with E-state index in [1.54, 1.807) is 11.8 Å². The predicted octanol–water partition coefficient (Wildman–Crippen LogP) is 6.31. The first kappa shape index (κ1) is 14.3. The summed E-state index contributed by atoms with van der Waals surface area (Å²) in [6.07, 6.45) is 3.11. The fourth-order valence-corrected chi connectivity index (χ4v) is 3.69. The molecule has 4 aromatic carbocycles. The molecule has 0 spiro atoms. The fourth-order valence-electron chi connectivity index (χ4n) is 3.25. The van der Waals surface area contributed by atoms with E-state index < -0.39 is 0 Å². The normalized spacial score (nSPS) is 11.2. The molecule has 0 radical (unpaired) electrons. The molecule has 0 aromatic heterocycles. The lowest BCUT2D eigenvalue weighted by atomic mass is 9.94. The van der Waals surface area contributed by atoms with Crippen LogP contribution < -0.4 is 0 Å². The molecule has 0 heterocycles. The fraction of sp³-hybridized carbons (Fsp3) is 0.0909. The molecule has 4 rings (SSSR count). The quantitative estimate of drug-likeness (QED) is 0.315. The minimum Gasteiger partial charge on any atom is -0.130 e. The number of benzene rings is 4. The minimum atomic E-state index is 0.973. The van der Waals surface area contributed by atoms with Crippen LogP contribution in [-0.2, 0) is 6.42 Å². The Hall–Kier alpha value is -2.25. The van der Waals surface area contributed by atoms with Gasteiger partial charge in [-0.25, -0.2) is 0 Å². The van der Waals surface area contributed by atoms with Crippen LogP contribution in [0.15, 0.2) is 83.8 Å². The van der Waals surface area contributed by atoms with Crippen molar-refractivity contribution in [3.8, 4) is 0 Å². The standard InChI is InChI=1S/C22H18S/c1-23-19-11-12-21-18(13-16-7-3-2-4-8-16)14-17-9-5-6-10-20(17)22(21)15-19/h2-12,14-15H,13H2,1H3. The summed E-state index contributed by atoms with van der Waals surface area (Å²) >= 11 is 1.80. The van der Waals surface area contributed by atoms with Crippen molar-refractivity contribution in [3.63, 3.8) is 0 Å². The molecule has 23 heavy (non-hydrogen) atoms. The van der Waals surface area contributed by atoms with E-state index in [9.17, 15) is 0 Å². The summed E-state index contributed by atoms with van der Waals surface area (Å²) in [5.74, 6) is 0. The van der Waals surface area contributed by atoms with Crippen LogP contribution in [-0.4, -0.2) is 6.26 Å². The number of fused-ring (bicyclic) bond motifs is 3. The van der Waals surface area contributed by atoms with Gasteiger partial charge in [-0.2, -0.15) is 0 Å². The van der Waals surface area contributed by atoms with E-state index in [0.717, 1.165) is 6.42 Å². The molecule has 4 aromatic rings. The molecule has 0 nitrogen and oxygen atoms in total. The Kier molecular flexibility index (Phi) is 3.80. The minimum absolute atomic E-state index is 0.973. The molecular weight excluding hydrogens is 296 g/mol. The Balaban J connectivity index is 1.98. The van der Waals surface area contributed by atoms with E-state index >= 15 is 0 Å². The second-order valence-corrected chi connectivity index (χ2v) is 6.71. The molecule has 0 fully saturated rings. The van der Waals surface area contributed by atoms with E-state index in [-0.39, 0.29) is 0 Å². The molecule has 0 aliphatic carbocycles. The zero-order chi connectivity index (χ0) is 15.6. The van der Waals surface area contributed by atoms with Crippen molar-refractivity contribution < 1.29 is 0 Å². The molecule has 0 saturated heterocycles. The molecule has 0 atom stereocenters. The molecule has 0 unspecified atom stereocenters. The van der Waals surface area contributed by atoms with Crippen LogP contribution in [0.5, 0.6) is 0 Å². The Morgan fingerprint density at radius 3 is 2.30 bits per heavy atom. The van der Waals surface area contributed by atoms with Crippen LogP contribution in [0.1, 0.15) is 11.1 Å². The van der Waals surface area contributed by atoms with Gasteiger partial charge in [-0.1, -0.05) is 66.7 Å². The molecule has 0 amide bonds. The summed E-state index contributed by atoms with van der Waals surface area (Å²) in [4.78, 5) is 1.32. The summed E-state index contributed by atoms with van der Waals surface area (Å²) in [5, 5.41) is 5.39. The third-order valence-corrected chi connectivity index (χ3v) is 5.12. The molecule has 112 valence electrons. The second-order valence-electron chi connectivity index (χ2n) is 5.83. The Labute approximate surface area is 141 Å². The summed E-state index contributed by atoms with van der Waals surface area (Å²) in [5.41, 5.74) is 2.76. The predicted molar refractivity (Wildman–Crippen MR) is 102 cm³/mol. The highest BCUT2D eigenvalue weighted by Crippen LogP contribution is 2.32. The van der Waals surface area contributed by atoms with E-state index in [4.69, 9.17) is 0 Å². The van der Waals surface area contributed by atoms with Gasteiger partial charge >= 0.3 is 0 Å². The molecule has 0 N–H and O–H groups in total. The van der Waals surface area contributed by atoms with Gasteiger partial charge in [-0.3, -0.25) is 0 Å². The second kappa shape index (κ2) is 6.10. The van der Waals surface area contributed by atoms with Crippen molar-refractivity contribution in [2.45, 2.75) is 11.3 Å². The van der Waals surface area contributed by atoms with Crippen LogP contribution >= 0.6 is 11.8 Å². The van der Waals surface area contributed by atoms with E-state index in [1.165, 1.54) is 37.6 Å². The van der Waals surface area contributed by atoms with Crippen LogP contribution in [0.3, 0.4) is 0 Å². The van der Waals surface area contributed by atoms with E-state index in [0.29, 0.717) is 0 Å². The van der Waals surface area contributed by atoms with Gasteiger partial charge in [0.2, 0.25) is 0 Å². The van der Waals surface area contributed by atoms with Gasteiger partial charge in [0.1, 0.15) is 0 Å². The zero-order valence-electron chi connectivity index (χ0n) is 13.1. The topological polar surface area (TPSA) is 0 Å². The first-order chi connectivity index (χ1) is 11.3. The lowest BCUT2D eigenvalue weighted by molar-refractivity contribution is 1.22. The highest BCUT2D eigenvalue weighted by molar-refractivity contribution is 7.98. The average Bonchev–Trinajstić information content (AvgIpc) is 2.62. The highest BCUT2D eigenvalue weighted by atomic mass is 32.2. The molecule has 0 aliphatic heterocycles. The SMILES string of the molecule is CSc1ccc2c(Cc3ccccc3)cc3ccccc3c2c1. The Bertz CT molecular complexity index is 971. The molecule has 0 bridgehead atoms. The monoisotopic (exact) mass is 314 g/mol. The van der Waals surface area contributed by atoms with Crippen LogP contribution in [0.4, 0.5) is 0 Å². The number of rotatable bonds is 3. The van der Waals surface area contributed by atoms with Crippen LogP contribution in [0.2, 0.25) is 0 Å². The number of thioether (sulfide) groups is 1. The van der Waals surface area contributed by atoms with Gasteiger partial charge in [-0.15, -0.1) is 11.8 Å². The number of hydrogen-bond acceptors (Lipinski definition) is 1. The third-order valence-electron chi connectivity index (χ3n) is 4.39. The van der Waals surface area contributed by atoms with Gasteiger partial charge in [0.15, 0.2) is 0 Å². The lowest BCUT2D eigenvalue weighted by Crippen LogP contribution is -1.91. The molecule has 0 saturated carbocycles. The van der Waals surface area contributed by atoms with Crippen molar-refractivity contribution >= 4 is 33.3 Å². The number of hydrogen-bond donors (Lipinski definition) is 0. The maximum atomic E-state index is 2.35. The smallest absolute Gasteiger partial charge is 0.00757 e. The summed E-state index contributed by atoms with van der Waals surface area (Å²) < 4.78 is 0. The summed E-state index contributed by atoms with van der Waals surface area (Å²) in [6.45, 7) is 0. The van der Waals surface area contributed by atoms with Crippen LogP contribution in [0.25, 0.3) is 21.5 Å².